The van der Waals surface area contributed by atoms with Crippen LogP contribution in [0.4, 0.5) is 58.7 Å². The minimum atomic E-state index is -4.50. The molecular formula is C59H58F6N6O9. The monoisotopic (exact) mass is 1110 g/mol. The molecule has 0 bridgehead atoms. The fraction of sp³-hybridized carbons (Fsp3) is 0.288. The molecular weight excluding hydrogens is 1050 g/mol. The maximum absolute atomic E-state index is 12.9. The highest BCUT2D eigenvalue weighted by Gasteiger charge is 2.32. The second-order valence-electron chi connectivity index (χ2n) is 18.6. The van der Waals surface area contributed by atoms with Gasteiger partial charge in [0.25, 0.3) is 11.8 Å². The zero-order chi connectivity index (χ0) is 57.6. The first-order valence-electron chi connectivity index (χ1n) is 25.7. The van der Waals surface area contributed by atoms with Gasteiger partial charge >= 0.3 is 36.4 Å². The number of hydrogen-bond acceptors (Lipinski definition) is 9. The van der Waals surface area contributed by atoms with Crippen molar-refractivity contribution in [1.29, 1.82) is 0 Å². The molecule has 0 saturated carbocycles. The summed E-state index contributed by atoms with van der Waals surface area (Å²) in [5, 5.41) is 9.98. The highest BCUT2D eigenvalue weighted by atomic mass is 19.4. The molecule has 15 nitrogen and oxygen atoms in total. The number of halogens is 6. The van der Waals surface area contributed by atoms with Gasteiger partial charge in [-0.2, -0.15) is 26.3 Å². The number of carbonyl (C=O) groups is 6. The average molecular weight is 1110 g/mol. The van der Waals surface area contributed by atoms with E-state index < -0.39 is 47.5 Å². The second kappa shape index (κ2) is 26.8. The van der Waals surface area contributed by atoms with Gasteiger partial charge in [-0.15, -0.1) is 0 Å². The van der Waals surface area contributed by atoms with Gasteiger partial charge in [0, 0.05) is 53.6 Å². The molecule has 1 unspecified atom stereocenters. The number of carbonyl (C=O) groups excluding carboxylic acids is 6. The molecule has 4 N–H and O–H groups in total. The van der Waals surface area contributed by atoms with Crippen molar-refractivity contribution < 1.29 is 69.3 Å². The molecule has 9 rings (SSSR count). The predicted molar refractivity (Wildman–Crippen MR) is 289 cm³/mol. The molecule has 0 radical (unpaired) electrons. The highest BCUT2D eigenvalue weighted by molar-refractivity contribution is 6.02. The Balaban J connectivity index is 0.000000209. The van der Waals surface area contributed by atoms with Crippen molar-refractivity contribution in [1.82, 2.24) is 9.80 Å². The SMILES string of the molecule is CC1CCCO1.CCOC(=O)CN1CCc2cc(-c3ccc(NC(=O)Nc4cccc(C(F)(F)F)c4)cc3)ccc2C1=O.CCOC(=O)CN1CCc2cc(-c3ccc(NC(=O)Nc4cccc(C(F)(F)F)c4)cc3)ccc2C1=O. The number of ether oxygens (including phenoxy) is 3. The summed E-state index contributed by atoms with van der Waals surface area (Å²) >= 11 is 0. The maximum Gasteiger partial charge on any atom is 0.416 e. The molecule has 3 heterocycles. The maximum atomic E-state index is 12.9. The number of nitrogens with one attached hydrogen (secondary N) is 4. The summed E-state index contributed by atoms with van der Waals surface area (Å²) in [6.07, 6.45) is -4.73. The first-order valence-corrected chi connectivity index (χ1v) is 25.7. The van der Waals surface area contributed by atoms with Gasteiger partial charge in [0.05, 0.1) is 30.4 Å². The molecule has 6 aromatic rings. The summed E-state index contributed by atoms with van der Waals surface area (Å²) in [7, 11) is 0. The summed E-state index contributed by atoms with van der Waals surface area (Å²) in [4.78, 5) is 76.5. The van der Waals surface area contributed by atoms with Crippen LogP contribution in [0.15, 0.2) is 133 Å². The van der Waals surface area contributed by atoms with E-state index in [1.54, 1.807) is 74.5 Å². The summed E-state index contributed by atoms with van der Waals surface area (Å²) in [6.45, 7) is 7.72. The first kappa shape index (κ1) is 59.0. The van der Waals surface area contributed by atoms with Gasteiger partial charge < -0.3 is 45.3 Å². The fourth-order valence-electron chi connectivity index (χ4n) is 8.82. The molecule has 1 saturated heterocycles. The number of fused-ring (bicyclic) bond motifs is 2. The number of anilines is 4. The summed E-state index contributed by atoms with van der Waals surface area (Å²) in [5.74, 6) is -1.30. The van der Waals surface area contributed by atoms with E-state index in [1.165, 1.54) is 46.9 Å². The standard InChI is InChI=1S/2C27H24F3N3O4.C5H10O/c2*1-2-37-24(34)16-33-13-12-19-14-18(8-11-23(19)25(33)35)17-6-9-21(10-7-17)31-26(36)32-22-5-3-4-20(15-22)27(28,29)30;1-5-3-2-4-6-5/h2*3-11,14-15H,2,12-13,16H2,1H3,(H2,31,32,36);5H,2-4H2,1H3. The van der Waals surface area contributed by atoms with Gasteiger partial charge in [0.15, 0.2) is 0 Å². The largest absolute Gasteiger partial charge is 0.465 e. The lowest BCUT2D eigenvalue weighted by Crippen LogP contribution is -2.41. The third-order valence-electron chi connectivity index (χ3n) is 12.8. The normalized spacial score (nSPS) is 14.7. The predicted octanol–water partition coefficient (Wildman–Crippen LogP) is 12.3. The number of nitrogens with zero attached hydrogens (tertiary/aromatic N) is 2. The van der Waals surface area contributed by atoms with Gasteiger partial charge in [-0.05, 0) is 153 Å². The third kappa shape index (κ3) is 16.4. The zero-order valence-corrected chi connectivity index (χ0v) is 43.9. The van der Waals surface area contributed by atoms with Crippen LogP contribution in [-0.2, 0) is 49.0 Å². The molecule has 6 aromatic carbocycles. The van der Waals surface area contributed by atoms with Crippen molar-refractivity contribution in [2.45, 2.75) is 64.9 Å². The van der Waals surface area contributed by atoms with Crippen LogP contribution in [0.5, 0.6) is 0 Å². The van der Waals surface area contributed by atoms with Crippen LogP contribution in [0.25, 0.3) is 22.3 Å². The van der Waals surface area contributed by atoms with Crippen molar-refractivity contribution in [3.05, 3.63) is 167 Å². The number of urea groups is 2. The Hall–Kier alpha value is -8.72. The van der Waals surface area contributed by atoms with E-state index in [2.05, 4.69) is 28.2 Å². The van der Waals surface area contributed by atoms with Crippen molar-refractivity contribution >= 4 is 58.6 Å². The minimum Gasteiger partial charge on any atom is -0.465 e. The molecule has 3 aliphatic heterocycles. The number of rotatable bonds is 12. The van der Waals surface area contributed by atoms with E-state index in [0.717, 1.165) is 64.3 Å². The van der Waals surface area contributed by atoms with Crippen LogP contribution < -0.4 is 21.3 Å². The Kier molecular flexibility index (Phi) is 19.7. The Morgan fingerprint density at radius 3 is 1.26 bits per heavy atom. The molecule has 0 aliphatic carbocycles. The number of benzene rings is 6. The van der Waals surface area contributed by atoms with Crippen LogP contribution in [0, 0.1) is 0 Å². The van der Waals surface area contributed by atoms with Crippen molar-refractivity contribution in [3.8, 4) is 22.3 Å². The van der Waals surface area contributed by atoms with Crippen LogP contribution in [0.1, 0.15) is 76.6 Å². The van der Waals surface area contributed by atoms with Crippen LogP contribution in [0.2, 0.25) is 0 Å². The van der Waals surface area contributed by atoms with Crippen LogP contribution in [-0.4, -0.2) is 97.7 Å². The van der Waals surface area contributed by atoms with Crippen molar-refractivity contribution in [2.24, 2.45) is 0 Å². The quantitative estimate of drug-likeness (QED) is 0.0684. The second-order valence-corrected chi connectivity index (χ2v) is 18.6. The molecule has 0 aromatic heterocycles. The third-order valence-corrected chi connectivity index (χ3v) is 12.8. The molecule has 6 amide bonds. The first-order chi connectivity index (χ1) is 38.2. The summed E-state index contributed by atoms with van der Waals surface area (Å²) < 4.78 is 92.2. The summed E-state index contributed by atoms with van der Waals surface area (Å²) in [6, 6.07) is 32.2. The molecule has 420 valence electrons. The fourth-order valence-corrected chi connectivity index (χ4v) is 8.82. The van der Waals surface area contributed by atoms with E-state index in [-0.39, 0.29) is 49.5 Å². The van der Waals surface area contributed by atoms with Crippen molar-refractivity contribution in [2.75, 3.05) is 67.3 Å². The molecule has 1 atom stereocenters. The Morgan fingerprint density at radius 1 is 0.537 bits per heavy atom. The van der Waals surface area contributed by atoms with E-state index >= 15 is 0 Å². The number of hydrogen-bond donors (Lipinski definition) is 4. The number of alkyl halides is 6. The van der Waals surface area contributed by atoms with Crippen LogP contribution >= 0.6 is 0 Å². The summed E-state index contributed by atoms with van der Waals surface area (Å²) in [5.41, 5.74) is 5.56. The van der Waals surface area contributed by atoms with Gasteiger partial charge in [-0.3, -0.25) is 19.2 Å². The lowest BCUT2D eigenvalue weighted by atomic mass is 9.94. The average Bonchev–Trinajstić information content (AvgIpc) is 3.94. The van der Waals surface area contributed by atoms with Gasteiger partial charge in [-0.25, -0.2) is 9.59 Å². The van der Waals surface area contributed by atoms with E-state index in [1.807, 2.05) is 24.3 Å². The topological polar surface area (TPSA) is 185 Å². The number of amides is 6. The van der Waals surface area contributed by atoms with E-state index in [0.29, 0.717) is 54.5 Å². The lowest BCUT2D eigenvalue weighted by molar-refractivity contribution is -0.144. The zero-order valence-electron chi connectivity index (χ0n) is 43.9. The van der Waals surface area contributed by atoms with E-state index in [9.17, 15) is 55.1 Å². The molecule has 3 aliphatic rings. The highest BCUT2D eigenvalue weighted by Crippen LogP contribution is 2.33. The minimum absolute atomic E-state index is 0.0216. The van der Waals surface area contributed by atoms with Crippen LogP contribution in [0.3, 0.4) is 0 Å². The molecule has 0 spiro atoms. The Bertz CT molecular complexity index is 2980. The van der Waals surface area contributed by atoms with Crippen molar-refractivity contribution in [3.63, 3.8) is 0 Å². The Morgan fingerprint density at radius 2 is 0.925 bits per heavy atom. The molecule has 21 heteroatoms. The number of esters is 2. The van der Waals surface area contributed by atoms with Gasteiger partial charge in [0.1, 0.15) is 13.1 Å². The lowest BCUT2D eigenvalue weighted by Gasteiger charge is -2.28. The molecule has 80 heavy (non-hydrogen) atoms. The van der Waals surface area contributed by atoms with E-state index in [4.69, 9.17) is 14.2 Å². The molecule has 1 fully saturated rings. The van der Waals surface area contributed by atoms with Gasteiger partial charge in [0.2, 0.25) is 0 Å². The Labute approximate surface area is 457 Å². The smallest absolute Gasteiger partial charge is 0.416 e. The van der Waals surface area contributed by atoms with Gasteiger partial charge in [-0.1, -0.05) is 60.7 Å².